The average molecular weight is 433 g/mol. The van der Waals surface area contributed by atoms with Gasteiger partial charge in [0.2, 0.25) is 5.91 Å². The summed E-state index contributed by atoms with van der Waals surface area (Å²) in [6.45, 7) is 1.62. The number of hydrogen-bond acceptors (Lipinski definition) is 3. The van der Waals surface area contributed by atoms with Crippen LogP contribution in [-0.2, 0) is 14.8 Å². The predicted molar refractivity (Wildman–Crippen MR) is 115 cm³/mol. The number of nitrogens with zero attached hydrogens (tertiary/aromatic N) is 1. The van der Waals surface area contributed by atoms with Gasteiger partial charge in [-0.25, -0.2) is 8.42 Å². The van der Waals surface area contributed by atoms with Gasteiger partial charge in [0.1, 0.15) is 6.54 Å². The standard InChI is InChI=1S/C22H25ClN2O3S/c1-15-5-9-20(10-6-15)29(27,28)25(19-4-2-3-18(23)13-19)14-22(26)24-21-12-16-7-8-17(21)11-16/h2-6,9-10,13,16-17,21H,7-8,11-12,14H2,1H3,(H,24,26)/t16-,17+,21-/m1/s1. The summed E-state index contributed by atoms with van der Waals surface area (Å²) in [5, 5.41) is 3.50. The number of benzene rings is 2. The number of aryl methyl sites for hydroxylation is 1. The van der Waals surface area contributed by atoms with Crippen LogP contribution < -0.4 is 9.62 Å². The van der Waals surface area contributed by atoms with E-state index in [0.717, 1.165) is 22.7 Å². The topological polar surface area (TPSA) is 66.5 Å². The lowest BCUT2D eigenvalue weighted by Gasteiger charge is -2.27. The van der Waals surface area contributed by atoms with Crippen molar-refractivity contribution in [2.24, 2.45) is 11.8 Å². The van der Waals surface area contributed by atoms with Crippen LogP contribution in [0.2, 0.25) is 5.02 Å². The van der Waals surface area contributed by atoms with Crippen molar-refractivity contribution < 1.29 is 13.2 Å². The second-order valence-electron chi connectivity index (χ2n) is 8.15. The van der Waals surface area contributed by atoms with Crippen molar-refractivity contribution in [1.82, 2.24) is 5.32 Å². The Kier molecular flexibility index (Phi) is 5.58. The molecule has 0 aromatic heterocycles. The fraction of sp³-hybridized carbons (Fsp3) is 0.409. The van der Waals surface area contributed by atoms with Crippen molar-refractivity contribution in [2.75, 3.05) is 10.8 Å². The number of fused-ring (bicyclic) bond motifs is 2. The zero-order chi connectivity index (χ0) is 20.6. The summed E-state index contributed by atoms with van der Waals surface area (Å²) in [6, 6.07) is 13.4. The minimum Gasteiger partial charge on any atom is -0.352 e. The molecule has 2 aliphatic carbocycles. The molecule has 3 atom stereocenters. The number of halogens is 1. The number of anilines is 1. The first-order valence-corrected chi connectivity index (χ1v) is 11.8. The van der Waals surface area contributed by atoms with Crippen LogP contribution in [0.1, 0.15) is 31.2 Å². The summed E-state index contributed by atoms with van der Waals surface area (Å²) in [7, 11) is -3.91. The third-order valence-electron chi connectivity index (χ3n) is 6.08. The van der Waals surface area contributed by atoms with Crippen LogP contribution >= 0.6 is 11.6 Å². The molecule has 2 aliphatic rings. The van der Waals surface area contributed by atoms with Crippen molar-refractivity contribution in [3.8, 4) is 0 Å². The van der Waals surface area contributed by atoms with Crippen LogP contribution in [0.5, 0.6) is 0 Å². The monoisotopic (exact) mass is 432 g/mol. The van der Waals surface area contributed by atoms with Gasteiger partial charge < -0.3 is 5.32 Å². The van der Waals surface area contributed by atoms with E-state index in [4.69, 9.17) is 11.6 Å². The highest BCUT2D eigenvalue weighted by Gasteiger charge is 2.40. The molecule has 0 radical (unpaired) electrons. The Balaban J connectivity index is 1.60. The van der Waals surface area contributed by atoms with E-state index in [1.54, 1.807) is 48.5 Å². The van der Waals surface area contributed by atoms with E-state index in [-0.39, 0.29) is 23.4 Å². The third-order valence-corrected chi connectivity index (χ3v) is 8.10. The van der Waals surface area contributed by atoms with E-state index in [0.29, 0.717) is 22.5 Å². The first-order chi connectivity index (χ1) is 13.8. The van der Waals surface area contributed by atoms with E-state index in [2.05, 4.69) is 5.32 Å². The summed E-state index contributed by atoms with van der Waals surface area (Å²) >= 11 is 6.10. The van der Waals surface area contributed by atoms with Gasteiger partial charge in [-0.1, -0.05) is 41.8 Å². The highest BCUT2D eigenvalue weighted by atomic mass is 35.5. The lowest BCUT2D eigenvalue weighted by atomic mass is 9.95. The van der Waals surface area contributed by atoms with Gasteiger partial charge in [0.05, 0.1) is 10.6 Å². The maximum atomic E-state index is 13.4. The molecule has 7 heteroatoms. The van der Waals surface area contributed by atoms with Crippen LogP contribution in [0.3, 0.4) is 0 Å². The van der Waals surface area contributed by atoms with Crippen LogP contribution in [0, 0.1) is 18.8 Å². The van der Waals surface area contributed by atoms with Crippen molar-refractivity contribution in [3.63, 3.8) is 0 Å². The van der Waals surface area contributed by atoms with Gasteiger partial charge in [-0.3, -0.25) is 9.10 Å². The lowest BCUT2D eigenvalue weighted by molar-refractivity contribution is -0.120. The summed E-state index contributed by atoms with van der Waals surface area (Å²) in [4.78, 5) is 13.0. The zero-order valence-electron chi connectivity index (χ0n) is 16.3. The Morgan fingerprint density at radius 2 is 1.90 bits per heavy atom. The van der Waals surface area contributed by atoms with E-state index in [9.17, 15) is 13.2 Å². The molecular weight excluding hydrogens is 408 g/mol. The fourth-order valence-corrected chi connectivity index (χ4v) is 6.19. The smallest absolute Gasteiger partial charge is 0.264 e. The zero-order valence-corrected chi connectivity index (χ0v) is 17.9. The van der Waals surface area contributed by atoms with Gasteiger partial charge in [0.25, 0.3) is 10.0 Å². The Bertz CT molecular complexity index is 1010. The molecule has 1 amide bonds. The maximum absolute atomic E-state index is 13.4. The Morgan fingerprint density at radius 1 is 1.14 bits per heavy atom. The average Bonchev–Trinajstić information content (AvgIpc) is 3.29. The fourth-order valence-electron chi connectivity index (χ4n) is 4.59. The largest absolute Gasteiger partial charge is 0.352 e. The van der Waals surface area contributed by atoms with Crippen molar-refractivity contribution in [2.45, 2.75) is 43.5 Å². The van der Waals surface area contributed by atoms with E-state index in [1.165, 1.54) is 12.8 Å². The quantitative estimate of drug-likeness (QED) is 0.745. The second-order valence-corrected chi connectivity index (χ2v) is 10.5. The van der Waals surface area contributed by atoms with Crippen molar-refractivity contribution >= 4 is 33.2 Å². The molecule has 154 valence electrons. The Hall–Kier alpha value is -2.05. The molecule has 0 unspecified atom stereocenters. The van der Waals surface area contributed by atoms with Gasteiger partial charge in [-0.05, 0) is 68.4 Å². The normalized spacial score (nSPS) is 23.2. The summed E-state index contributed by atoms with van der Waals surface area (Å²) in [6.07, 6.45) is 4.56. The molecular formula is C22H25ClN2O3S. The Labute approximate surface area is 177 Å². The molecule has 2 bridgehead atoms. The summed E-state index contributed by atoms with van der Waals surface area (Å²) in [5.41, 5.74) is 1.34. The van der Waals surface area contributed by atoms with Crippen LogP contribution in [0.4, 0.5) is 5.69 Å². The highest BCUT2D eigenvalue weighted by molar-refractivity contribution is 7.92. The molecule has 5 nitrogen and oxygen atoms in total. The van der Waals surface area contributed by atoms with Crippen LogP contribution in [-0.4, -0.2) is 26.9 Å². The highest BCUT2D eigenvalue weighted by Crippen LogP contribution is 2.44. The minimum absolute atomic E-state index is 0.149. The van der Waals surface area contributed by atoms with E-state index < -0.39 is 10.0 Å². The molecule has 0 saturated heterocycles. The van der Waals surface area contributed by atoms with Gasteiger partial charge in [0.15, 0.2) is 0 Å². The van der Waals surface area contributed by atoms with E-state index >= 15 is 0 Å². The number of nitrogens with one attached hydrogen (secondary N) is 1. The minimum atomic E-state index is -3.91. The van der Waals surface area contributed by atoms with E-state index in [1.807, 2.05) is 6.92 Å². The molecule has 1 N–H and O–H groups in total. The van der Waals surface area contributed by atoms with Crippen molar-refractivity contribution in [1.29, 1.82) is 0 Å². The van der Waals surface area contributed by atoms with Gasteiger partial charge in [-0.2, -0.15) is 0 Å². The molecule has 2 saturated carbocycles. The first kappa shape index (κ1) is 20.2. The second kappa shape index (κ2) is 8.00. The lowest BCUT2D eigenvalue weighted by Crippen LogP contribution is -2.46. The molecule has 2 aromatic rings. The summed E-state index contributed by atoms with van der Waals surface area (Å²) < 4.78 is 27.9. The molecule has 2 aromatic carbocycles. The molecule has 0 aliphatic heterocycles. The number of carbonyl (C=O) groups excluding carboxylic acids is 1. The SMILES string of the molecule is Cc1ccc(S(=O)(=O)N(CC(=O)N[C@@H]2C[C@@H]3CC[C@H]2C3)c2cccc(Cl)c2)cc1. The molecule has 29 heavy (non-hydrogen) atoms. The van der Waals surface area contributed by atoms with Crippen LogP contribution in [0.25, 0.3) is 0 Å². The summed E-state index contributed by atoms with van der Waals surface area (Å²) in [5.74, 6) is 0.945. The molecule has 0 spiro atoms. The number of hydrogen-bond donors (Lipinski definition) is 1. The van der Waals surface area contributed by atoms with Gasteiger partial charge in [0, 0.05) is 11.1 Å². The Morgan fingerprint density at radius 3 is 2.52 bits per heavy atom. The third kappa shape index (κ3) is 4.28. The predicted octanol–water partition coefficient (Wildman–Crippen LogP) is 4.15. The first-order valence-electron chi connectivity index (χ1n) is 9.97. The molecule has 4 rings (SSSR count). The maximum Gasteiger partial charge on any atom is 0.264 e. The number of rotatable bonds is 6. The number of carbonyl (C=O) groups is 1. The van der Waals surface area contributed by atoms with Gasteiger partial charge >= 0.3 is 0 Å². The van der Waals surface area contributed by atoms with Crippen molar-refractivity contribution in [3.05, 3.63) is 59.1 Å². The number of amides is 1. The van der Waals surface area contributed by atoms with Crippen LogP contribution in [0.15, 0.2) is 53.4 Å². The molecule has 2 fully saturated rings. The van der Waals surface area contributed by atoms with Gasteiger partial charge in [-0.15, -0.1) is 0 Å². The molecule has 0 heterocycles. The number of sulfonamides is 1.